The number of hydrogen-bond acceptors (Lipinski definition) is 2. The molecule has 0 aliphatic carbocycles. The summed E-state index contributed by atoms with van der Waals surface area (Å²) in [5.74, 6) is 0. The van der Waals surface area contributed by atoms with Gasteiger partial charge in [-0.15, -0.1) is 11.3 Å². The van der Waals surface area contributed by atoms with Gasteiger partial charge in [0.1, 0.15) is 0 Å². The summed E-state index contributed by atoms with van der Waals surface area (Å²) in [6, 6.07) is 15.7. The fourth-order valence-electron chi connectivity index (χ4n) is 2.34. The van der Waals surface area contributed by atoms with E-state index in [9.17, 15) is 0 Å². The first-order valence-corrected chi connectivity index (χ1v) is 8.09. The molecule has 0 aliphatic heterocycles. The standard InChI is InChI=1S/C17H23NS/c1-2-8-16(17-12-7-14-19-17)18-13-6-11-15-9-4-3-5-10-15/h3-5,7,9-10,12,14,16,18H,2,6,8,11,13H2,1H3. The topological polar surface area (TPSA) is 12.0 Å². The summed E-state index contributed by atoms with van der Waals surface area (Å²) in [4.78, 5) is 1.47. The van der Waals surface area contributed by atoms with E-state index < -0.39 is 0 Å². The molecule has 102 valence electrons. The van der Waals surface area contributed by atoms with Gasteiger partial charge in [-0.2, -0.15) is 0 Å². The summed E-state index contributed by atoms with van der Waals surface area (Å²) in [5.41, 5.74) is 1.44. The fourth-order valence-corrected chi connectivity index (χ4v) is 3.17. The number of aryl methyl sites for hydroxylation is 1. The van der Waals surface area contributed by atoms with Gasteiger partial charge in [0.25, 0.3) is 0 Å². The van der Waals surface area contributed by atoms with Crippen LogP contribution in [0.3, 0.4) is 0 Å². The van der Waals surface area contributed by atoms with Gasteiger partial charge in [0.15, 0.2) is 0 Å². The molecule has 1 atom stereocenters. The molecule has 0 radical (unpaired) electrons. The molecule has 0 saturated heterocycles. The quantitative estimate of drug-likeness (QED) is 0.680. The van der Waals surface area contributed by atoms with Crippen LogP contribution < -0.4 is 5.32 Å². The lowest BCUT2D eigenvalue weighted by atomic mass is 10.1. The summed E-state index contributed by atoms with van der Waals surface area (Å²) in [5, 5.41) is 5.87. The van der Waals surface area contributed by atoms with E-state index in [1.165, 1.54) is 29.7 Å². The summed E-state index contributed by atoms with van der Waals surface area (Å²) in [6.07, 6.45) is 4.83. The molecule has 1 nitrogen and oxygen atoms in total. The maximum atomic E-state index is 3.70. The van der Waals surface area contributed by atoms with E-state index >= 15 is 0 Å². The summed E-state index contributed by atoms with van der Waals surface area (Å²) in [6.45, 7) is 3.35. The van der Waals surface area contributed by atoms with Crippen LogP contribution in [0, 0.1) is 0 Å². The van der Waals surface area contributed by atoms with Gasteiger partial charge < -0.3 is 5.32 Å². The summed E-state index contributed by atoms with van der Waals surface area (Å²) < 4.78 is 0. The third kappa shape index (κ3) is 4.81. The van der Waals surface area contributed by atoms with Crippen molar-refractivity contribution in [3.63, 3.8) is 0 Å². The Labute approximate surface area is 120 Å². The molecular formula is C17H23NS. The Hall–Kier alpha value is -1.12. The van der Waals surface area contributed by atoms with Crippen LogP contribution >= 0.6 is 11.3 Å². The molecule has 1 heterocycles. The Morgan fingerprint density at radius 1 is 1.11 bits per heavy atom. The Morgan fingerprint density at radius 3 is 2.63 bits per heavy atom. The lowest BCUT2D eigenvalue weighted by Gasteiger charge is -2.16. The smallest absolute Gasteiger partial charge is 0.0414 e. The van der Waals surface area contributed by atoms with Gasteiger partial charge in [0.05, 0.1) is 0 Å². The average Bonchev–Trinajstić information content (AvgIpc) is 2.97. The largest absolute Gasteiger partial charge is 0.309 e. The van der Waals surface area contributed by atoms with Gasteiger partial charge in [-0.1, -0.05) is 49.7 Å². The van der Waals surface area contributed by atoms with Gasteiger partial charge in [-0.25, -0.2) is 0 Å². The Kier molecular flexibility index (Phi) is 6.12. The average molecular weight is 273 g/mol. The van der Waals surface area contributed by atoms with Crippen molar-refractivity contribution < 1.29 is 0 Å². The van der Waals surface area contributed by atoms with E-state index in [1.807, 2.05) is 11.3 Å². The first-order valence-electron chi connectivity index (χ1n) is 7.21. The number of thiophene rings is 1. The lowest BCUT2D eigenvalue weighted by molar-refractivity contribution is 0.494. The van der Waals surface area contributed by atoms with Crippen LogP contribution in [0.2, 0.25) is 0 Å². The Bertz CT molecular complexity index is 436. The molecule has 1 aromatic carbocycles. The van der Waals surface area contributed by atoms with Crippen LogP contribution in [-0.4, -0.2) is 6.54 Å². The van der Waals surface area contributed by atoms with Gasteiger partial charge in [-0.3, -0.25) is 0 Å². The highest BCUT2D eigenvalue weighted by molar-refractivity contribution is 7.10. The minimum absolute atomic E-state index is 0.542. The van der Waals surface area contributed by atoms with Gasteiger partial charge >= 0.3 is 0 Å². The molecule has 0 fully saturated rings. The lowest BCUT2D eigenvalue weighted by Crippen LogP contribution is -2.22. The van der Waals surface area contributed by atoms with E-state index in [1.54, 1.807) is 0 Å². The van der Waals surface area contributed by atoms with Crippen molar-refractivity contribution in [2.24, 2.45) is 0 Å². The second kappa shape index (κ2) is 8.13. The van der Waals surface area contributed by atoms with Crippen LogP contribution in [0.15, 0.2) is 47.8 Å². The van der Waals surface area contributed by atoms with Gasteiger partial charge in [-0.05, 0) is 42.8 Å². The molecule has 2 aromatic rings. The minimum atomic E-state index is 0.542. The molecule has 0 bridgehead atoms. The maximum Gasteiger partial charge on any atom is 0.0414 e. The predicted molar refractivity (Wildman–Crippen MR) is 84.7 cm³/mol. The third-order valence-electron chi connectivity index (χ3n) is 3.34. The normalized spacial score (nSPS) is 12.5. The van der Waals surface area contributed by atoms with Crippen LogP contribution in [0.1, 0.15) is 42.7 Å². The zero-order valence-corrected chi connectivity index (χ0v) is 12.5. The highest BCUT2D eigenvalue weighted by atomic mass is 32.1. The second-order valence-corrected chi connectivity index (χ2v) is 5.88. The molecule has 1 aromatic heterocycles. The van der Waals surface area contributed by atoms with Crippen molar-refractivity contribution in [1.82, 2.24) is 5.32 Å². The van der Waals surface area contributed by atoms with Crippen LogP contribution in [0.4, 0.5) is 0 Å². The molecule has 0 aliphatic rings. The molecule has 19 heavy (non-hydrogen) atoms. The molecule has 0 spiro atoms. The predicted octanol–water partition coefficient (Wildman–Crippen LogP) is 4.81. The maximum absolute atomic E-state index is 3.70. The molecule has 1 N–H and O–H groups in total. The van der Waals surface area contributed by atoms with Crippen LogP contribution in [-0.2, 0) is 6.42 Å². The van der Waals surface area contributed by atoms with Crippen LogP contribution in [0.5, 0.6) is 0 Å². The van der Waals surface area contributed by atoms with Gasteiger partial charge in [0.2, 0.25) is 0 Å². The Balaban J connectivity index is 1.74. The number of hydrogen-bond donors (Lipinski definition) is 1. The number of benzene rings is 1. The van der Waals surface area contributed by atoms with Crippen molar-refractivity contribution >= 4 is 11.3 Å². The zero-order chi connectivity index (χ0) is 13.3. The summed E-state index contributed by atoms with van der Waals surface area (Å²) >= 11 is 1.86. The fraction of sp³-hybridized carbons (Fsp3) is 0.412. The molecule has 0 saturated carbocycles. The van der Waals surface area contributed by atoms with E-state index in [-0.39, 0.29) is 0 Å². The molecular weight excluding hydrogens is 250 g/mol. The highest BCUT2D eigenvalue weighted by Crippen LogP contribution is 2.23. The third-order valence-corrected chi connectivity index (χ3v) is 4.33. The molecule has 1 unspecified atom stereocenters. The van der Waals surface area contributed by atoms with Gasteiger partial charge in [0, 0.05) is 10.9 Å². The van der Waals surface area contributed by atoms with Crippen LogP contribution in [0.25, 0.3) is 0 Å². The minimum Gasteiger partial charge on any atom is -0.309 e. The van der Waals surface area contributed by atoms with Crippen molar-refractivity contribution in [1.29, 1.82) is 0 Å². The molecule has 2 heteroatoms. The van der Waals surface area contributed by atoms with Crippen molar-refractivity contribution in [2.75, 3.05) is 6.54 Å². The van der Waals surface area contributed by atoms with Crippen molar-refractivity contribution in [2.45, 2.75) is 38.6 Å². The van der Waals surface area contributed by atoms with Crippen molar-refractivity contribution in [3.05, 3.63) is 58.3 Å². The highest BCUT2D eigenvalue weighted by Gasteiger charge is 2.10. The summed E-state index contributed by atoms with van der Waals surface area (Å²) in [7, 11) is 0. The second-order valence-electron chi connectivity index (χ2n) is 4.90. The van der Waals surface area contributed by atoms with Crippen molar-refractivity contribution in [3.8, 4) is 0 Å². The number of rotatable bonds is 8. The monoisotopic (exact) mass is 273 g/mol. The SMILES string of the molecule is CCCC(NCCCc1ccccc1)c1cccs1. The van der Waals surface area contributed by atoms with E-state index in [0.717, 1.165) is 13.0 Å². The van der Waals surface area contributed by atoms with E-state index in [4.69, 9.17) is 0 Å². The molecule has 0 amide bonds. The van der Waals surface area contributed by atoms with E-state index in [2.05, 4.69) is 60.1 Å². The Morgan fingerprint density at radius 2 is 1.95 bits per heavy atom. The number of nitrogens with one attached hydrogen (secondary N) is 1. The zero-order valence-electron chi connectivity index (χ0n) is 11.6. The molecule has 2 rings (SSSR count). The first-order chi connectivity index (χ1) is 9.40. The van der Waals surface area contributed by atoms with E-state index in [0.29, 0.717) is 6.04 Å². The first kappa shape index (κ1) is 14.3.